The van der Waals surface area contributed by atoms with Crippen LogP contribution in [-0.2, 0) is 12.8 Å². The van der Waals surface area contributed by atoms with Crippen LogP contribution >= 0.6 is 11.3 Å². The van der Waals surface area contributed by atoms with E-state index in [1.54, 1.807) is 5.56 Å². The first-order valence-corrected chi connectivity index (χ1v) is 14.7. The average molecular weight is 519 g/mol. The van der Waals surface area contributed by atoms with Crippen LogP contribution in [0.1, 0.15) is 24.1 Å². The van der Waals surface area contributed by atoms with E-state index < -0.39 is 0 Å². The number of thiophene rings is 1. The molecular formula is C36H26N2S. The van der Waals surface area contributed by atoms with Crippen molar-refractivity contribution in [3.8, 4) is 11.4 Å². The molecule has 0 bridgehead atoms. The van der Waals surface area contributed by atoms with Crippen LogP contribution in [0.15, 0.2) is 109 Å². The van der Waals surface area contributed by atoms with E-state index in [9.17, 15) is 0 Å². The van der Waals surface area contributed by atoms with Crippen LogP contribution in [0, 0.1) is 0 Å². The normalized spacial score (nSPS) is 13.7. The molecule has 3 heteroatoms. The number of aryl methyl sites for hydroxylation is 1. The van der Waals surface area contributed by atoms with Gasteiger partial charge in [-0.1, -0.05) is 78.9 Å². The standard InChI is InChI=1S/C36H26N2S/c1-2-11-23(12-3-1)37-30-17-7-4-13-24(30)27-21-22-28-25-14-5-8-18-31(25)38(35(28)34(27)37)32-19-10-16-29-26-15-6-9-20-33(26)39-36(29)32/h1-3,5-6,8-12,14-16,18-22H,4,7,13,17H2. The van der Waals surface area contributed by atoms with E-state index in [1.807, 2.05) is 11.3 Å². The predicted molar refractivity (Wildman–Crippen MR) is 167 cm³/mol. The molecule has 0 saturated heterocycles. The summed E-state index contributed by atoms with van der Waals surface area (Å²) in [6.45, 7) is 0. The summed E-state index contributed by atoms with van der Waals surface area (Å²) < 4.78 is 7.84. The molecule has 5 aromatic carbocycles. The molecule has 0 spiro atoms. The summed E-state index contributed by atoms with van der Waals surface area (Å²) in [5.41, 5.74) is 9.49. The topological polar surface area (TPSA) is 9.86 Å². The fourth-order valence-corrected chi connectivity index (χ4v) is 8.30. The Bertz CT molecular complexity index is 2230. The summed E-state index contributed by atoms with van der Waals surface area (Å²) in [5.74, 6) is 0. The van der Waals surface area contributed by atoms with E-state index in [4.69, 9.17) is 0 Å². The number of nitrogens with zero attached hydrogens (tertiary/aromatic N) is 2. The summed E-state index contributed by atoms with van der Waals surface area (Å²) in [5, 5.41) is 6.72. The first kappa shape index (κ1) is 21.6. The smallest absolute Gasteiger partial charge is 0.0789 e. The van der Waals surface area contributed by atoms with Crippen molar-refractivity contribution in [2.75, 3.05) is 0 Å². The number of fused-ring (bicyclic) bond motifs is 10. The third kappa shape index (κ3) is 2.91. The summed E-state index contributed by atoms with van der Waals surface area (Å²) in [7, 11) is 0. The quantitative estimate of drug-likeness (QED) is 0.215. The fourth-order valence-electron chi connectivity index (χ4n) is 7.09. The molecule has 0 amide bonds. The minimum atomic E-state index is 1.13. The SMILES string of the molecule is c1ccc(-n2c3c(c4ccc5c6ccccc6n(-c6cccc7c6sc6ccccc67)c5c42)CCCC3)cc1. The zero-order valence-electron chi connectivity index (χ0n) is 21.5. The molecule has 186 valence electrons. The Hall–Kier alpha value is -4.34. The minimum absolute atomic E-state index is 1.13. The van der Waals surface area contributed by atoms with E-state index in [0.717, 1.165) is 12.8 Å². The van der Waals surface area contributed by atoms with Crippen molar-refractivity contribution in [2.45, 2.75) is 25.7 Å². The fraction of sp³-hybridized carbons (Fsp3) is 0.111. The molecule has 9 rings (SSSR count). The van der Waals surface area contributed by atoms with Gasteiger partial charge in [0.25, 0.3) is 0 Å². The number of aromatic nitrogens is 2. The second-order valence-corrected chi connectivity index (χ2v) is 11.8. The maximum Gasteiger partial charge on any atom is 0.0789 e. The van der Waals surface area contributed by atoms with Gasteiger partial charge < -0.3 is 9.13 Å². The average Bonchev–Trinajstić information content (AvgIpc) is 3.65. The van der Waals surface area contributed by atoms with Crippen LogP contribution in [0.5, 0.6) is 0 Å². The Kier molecular flexibility index (Phi) is 4.47. The lowest BCUT2D eigenvalue weighted by molar-refractivity contribution is 0.667. The van der Waals surface area contributed by atoms with E-state index in [2.05, 4.69) is 118 Å². The van der Waals surface area contributed by atoms with Gasteiger partial charge in [-0.05, 0) is 61.6 Å². The molecule has 0 unspecified atom stereocenters. The van der Waals surface area contributed by atoms with Gasteiger partial charge in [-0.25, -0.2) is 0 Å². The highest BCUT2D eigenvalue weighted by Crippen LogP contribution is 2.45. The largest absolute Gasteiger partial charge is 0.311 e. The summed E-state index contributed by atoms with van der Waals surface area (Å²) in [4.78, 5) is 0. The molecule has 3 heterocycles. The van der Waals surface area contributed by atoms with Crippen LogP contribution in [-0.4, -0.2) is 9.13 Å². The molecule has 8 aromatic rings. The Morgan fingerprint density at radius 2 is 1.23 bits per heavy atom. The molecule has 0 aliphatic heterocycles. The highest BCUT2D eigenvalue weighted by atomic mass is 32.1. The lowest BCUT2D eigenvalue weighted by Crippen LogP contribution is -2.07. The number of para-hydroxylation sites is 2. The van der Waals surface area contributed by atoms with Crippen molar-refractivity contribution >= 4 is 64.2 Å². The molecule has 39 heavy (non-hydrogen) atoms. The van der Waals surface area contributed by atoms with Crippen molar-refractivity contribution in [3.63, 3.8) is 0 Å². The van der Waals surface area contributed by atoms with Crippen LogP contribution in [0.2, 0.25) is 0 Å². The predicted octanol–water partition coefficient (Wildman–Crippen LogP) is 9.97. The molecule has 2 nitrogen and oxygen atoms in total. The lowest BCUT2D eigenvalue weighted by Gasteiger charge is -2.17. The molecule has 0 N–H and O–H groups in total. The molecule has 3 aromatic heterocycles. The van der Waals surface area contributed by atoms with E-state index in [1.165, 1.54) is 82.8 Å². The minimum Gasteiger partial charge on any atom is -0.311 e. The number of hydrogen-bond acceptors (Lipinski definition) is 1. The first-order valence-electron chi connectivity index (χ1n) is 13.9. The Balaban J connectivity index is 1.53. The second kappa shape index (κ2) is 8.08. The lowest BCUT2D eigenvalue weighted by atomic mass is 9.95. The first-order chi connectivity index (χ1) is 19.4. The second-order valence-electron chi connectivity index (χ2n) is 10.8. The zero-order chi connectivity index (χ0) is 25.5. The monoisotopic (exact) mass is 518 g/mol. The molecule has 0 radical (unpaired) electrons. The molecule has 0 fully saturated rings. The van der Waals surface area contributed by atoms with Crippen LogP contribution in [0.25, 0.3) is 64.3 Å². The van der Waals surface area contributed by atoms with Gasteiger partial charge in [0.15, 0.2) is 0 Å². The Labute approximate surface area is 230 Å². The number of rotatable bonds is 2. The highest BCUT2D eigenvalue weighted by molar-refractivity contribution is 7.26. The third-order valence-electron chi connectivity index (χ3n) is 8.71. The number of benzene rings is 5. The van der Waals surface area contributed by atoms with Gasteiger partial charge in [0, 0.05) is 43.0 Å². The van der Waals surface area contributed by atoms with Gasteiger partial charge in [-0.15, -0.1) is 11.3 Å². The van der Waals surface area contributed by atoms with E-state index in [-0.39, 0.29) is 0 Å². The van der Waals surface area contributed by atoms with Crippen molar-refractivity contribution in [1.82, 2.24) is 9.13 Å². The van der Waals surface area contributed by atoms with Gasteiger partial charge in [0.1, 0.15) is 0 Å². The summed E-state index contributed by atoms with van der Waals surface area (Å²) in [6.07, 6.45) is 4.81. The van der Waals surface area contributed by atoms with Gasteiger partial charge in [0.05, 0.1) is 26.9 Å². The van der Waals surface area contributed by atoms with E-state index >= 15 is 0 Å². The van der Waals surface area contributed by atoms with Gasteiger partial charge in [-0.3, -0.25) is 0 Å². The molecule has 1 aliphatic carbocycles. The Morgan fingerprint density at radius 1 is 0.513 bits per heavy atom. The maximum atomic E-state index is 2.59. The van der Waals surface area contributed by atoms with E-state index in [0.29, 0.717) is 0 Å². The molecular weight excluding hydrogens is 492 g/mol. The number of hydrogen-bond donors (Lipinski definition) is 0. The van der Waals surface area contributed by atoms with Crippen LogP contribution < -0.4 is 0 Å². The van der Waals surface area contributed by atoms with Crippen LogP contribution in [0.3, 0.4) is 0 Å². The van der Waals surface area contributed by atoms with Gasteiger partial charge >= 0.3 is 0 Å². The van der Waals surface area contributed by atoms with Crippen LogP contribution in [0.4, 0.5) is 0 Å². The zero-order valence-corrected chi connectivity index (χ0v) is 22.3. The molecule has 0 saturated carbocycles. The Morgan fingerprint density at radius 3 is 2.15 bits per heavy atom. The summed E-state index contributed by atoms with van der Waals surface area (Å²) >= 11 is 1.91. The summed E-state index contributed by atoms with van der Waals surface area (Å²) in [6, 6.07) is 40.4. The van der Waals surface area contributed by atoms with Gasteiger partial charge in [0.2, 0.25) is 0 Å². The van der Waals surface area contributed by atoms with Crippen molar-refractivity contribution in [2.24, 2.45) is 0 Å². The highest BCUT2D eigenvalue weighted by Gasteiger charge is 2.26. The van der Waals surface area contributed by atoms with Crippen molar-refractivity contribution in [1.29, 1.82) is 0 Å². The maximum absolute atomic E-state index is 2.59. The van der Waals surface area contributed by atoms with Crippen molar-refractivity contribution < 1.29 is 0 Å². The molecule has 1 aliphatic rings. The molecule has 0 atom stereocenters. The van der Waals surface area contributed by atoms with Crippen molar-refractivity contribution in [3.05, 3.63) is 120 Å². The van der Waals surface area contributed by atoms with Gasteiger partial charge in [-0.2, -0.15) is 0 Å². The third-order valence-corrected chi connectivity index (χ3v) is 9.92.